The molecule has 2 aliphatic heterocycles. The lowest BCUT2D eigenvalue weighted by molar-refractivity contribution is -0.313. The number of carboxylic acid groups (broad SMARTS) is 1. The Morgan fingerprint density at radius 3 is 2.55 bits per heavy atom. The number of anilines is 1. The highest BCUT2D eigenvalue weighted by Crippen LogP contribution is 2.39. The third-order valence-electron chi connectivity index (χ3n) is 3.76. The largest absolute Gasteiger partial charge is 0.550 e. The van der Waals surface area contributed by atoms with Gasteiger partial charge in [-0.1, -0.05) is 24.3 Å². The van der Waals surface area contributed by atoms with Crippen LogP contribution in [0.1, 0.15) is 5.56 Å². The lowest BCUT2D eigenvalue weighted by Gasteiger charge is -2.25. The second kappa shape index (κ2) is 4.76. The number of carbonyl (C=O) groups excluding carboxylic acids is 2. The van der Waals surface area contributed by atoms with Crippen LogP contribution < -0.4 is 10.4 Å². The summed E-state index contributed by atoms with van der Waals surface area (Å²) in [6.45, 7) is 1.92. The monoisotopic (exact) mass is 272 g/mol. The third-order valence-corrected chi connectivity index (χ3v) is 3.76. The zero-order valence-corrected chi connectivity index (χ0v) is 10.9. The van der Waals surface area contributed by atoms with Crippen molar-refractivity contribution in [3.05, 3.63) is 42.0 Å². The number of nitrogens with one attached hydrogen (secondary N) is 1. The number of benzene rings is 1. The first-order chi connectivity index (χ1) is 9.56. The Kier molecular flexibility index (Phi) is 3.06. The van der Waals surface area contributed by atoms with Crippen molar-refractivity contribution in [2.75, 3.05) is 5.32 Å². The first-order valence-electron chi connectivity index (χ1n) is 6.48. The van der Waals surface area contributed by atoms with Crippen LogP contribution in [0.15, 0.2) is 36.4 Å². The van der Waals surface area contributed by atoms with Crippen molar-refractivity contribution in [1.29, 1.82) is 0 Å². The highest BCUT2D eigenvalue weighted by molar-refractivity contribution is 5.96. The van der Waals surface area contributed by atoms with E-state index in [9.17, 15) is 14.7 Å². The van der Waals surface area contributed by atoms with E-state index in [0.717, 1.165) is 5.56 Å². The fourth-order valence-corrected chi connectivity index (χ4v) is 2.85. The van der Waals surface area contributed by atoms with Gasteiger partial charge in [0.2, 0.25) is 5.91 Å². The van der Waals surface area contributed by atoms with Crippen LogP contribution in [0.5, 0.6) is 0 Å². The normalized spacial score (nSPS) is 30.4. The van der Waals surface area contributed by atoms with E-state index >= 15 is 0 Å². The summed E-state index contributed by atoms with van der Waals surface area (Å²) in [6.07, 6.45) is 2.39. The van der Waals surface area contributed by atoms with Crippen LogP contribution in [-0.4, -0.2) is 24.1 Å². The third kappa shape index (κ3) is 2.10. The number of fused-ring (bicyclic) bond motifs is 2. The fourth-order valence-electron chi connectivity index (χ4n) is 2.85. The zero-order chi connectivity index (χ0) is 14.3. The molecule has 4 atom stereocenters. The molecule has 104 valence electrons. The van der Waals surface area contributed by atoms with Crippen LogP contribution >= 0.6 is 0 Å². The molecule has 1 aromatic rings. The molecule has 20 heavy (non-hydrogen) atoms. The number of carboxylic acids is 1. The van der Waals surface area contributed by atoms with Crippen molar-refractivity contribution in [2.45, 2.75) is 19.1 Å². The van der Waals surface area contributed by atoms with Gasteiger partial charge in [-0.15, -0.1) is 0 Å². The van der Waals surface area contributed by atoms with Crippen LogP contribution in [0.3, 0.4) is 0 Å². The fraction of sp³-hybridized carbons (Fsp3) is 0.333. The van der Waals surface area contributed by atoms with E-state index in [-0.39, 0.29) is 5.91 Å². The molecular formula is C15H14NO4-. The minimum absolute atomic E-state index is 0.346. The second-order valence-electron chi connectivity index (χ2n) is 5.18. The van der Waals surface area contributed by atoms with Crippen molar-refractivity contribution in [1.82, 2.24) is 0 Å². The van der Waals surface area contributed by atoms with Crippen LogP contribution in [0.25, 0.3) is 0 Å². The van der Waals surface area contributed by atoms with Crippen LogP contribution in [0.2, 0.25) is 0 Å². The van der Waals surface area contributed by atoms with E-state index in [1.807, 2.05) is 25.1 Å². The molecular weight excluding hydrogens is 258 g/mol. The molecule has 0 saturated carbocycles. The summed E-state index contributed by atoms with van der Waals surface area (Å²) >= 11 is 0. The summed E-state index contributed by atoms with van der Waals surface area (Å²) in [6, 6.07) is 7.35. The molecule has 2 bridgehead atoms. The zero-order valence-electron chi connectivity index (χ0n) is 10.9. The minimum atomic E-state index is -1.24. The number of aryl methyl sites for hydroxylation is 1. The van der Waals surface area contributed by atoms with E-state index in [1.54, 1.807) is 18.2 Å². The van der Waals surface area contributed by atoms with E-state index in [4.69, 9.17) is 4.74 Å². The molecule has 2 aliphatic rings. The SMILES string of the molecule is Cc1cccc(NC(=O)[C@H]2[C@@H](C(=O)[O-])[C@H]3C=C[C@@H]2O3)c1. The molecule has 0 aromatic heterocycles. The molecule has 1 amide bonds. The van der Waals surface area contributed by atoms with Gasteiger partial charge in [0.1, 0.15) is 0 Å². The summed E-state index contributed by atoms with van der Waals surface area (Å²) < 4.78 is 5.45. The van der Waals surface area contributed by atoms with Crippen LogP contribution in [0.4, 0.5) is 5.69 Å². The molecule has 5 heteroatoms. The van der Waals surface area contributed by atoms with Gasteiger partial charge in [-0.2, -0.15) is 0 Å². The van der Waals surface area contributed by atoms with E-state index in [1.165, 1.54) is 0 Å². The maximum atomic E-state index is 12.3. The number of hydrogen-bond donors (Lipinski definition) is 1. The smallest absolute Gasteiger partial charge is 0.231 e. The highest BCUT2D eigenvalue weighted by Gasteiger charge is 2.50. The molecule has 0 unspecified atom stereocenters. The predicted molar refractivity (Wildman–Crippen MR) is 69.6 cm³/mol. The Labute approximate surface area is 116 Å². The standard InChI is InChI=1S/C15H15NO4/c1-8-3-2-4-9(7-8)16-14(17)12-10-5-6-11(20-10)13(12)15(18)19/h2-7,10-13H,1H3,(H,16,17)(H,18,19)/p-1/t10-,11+,12+,13-/m0/s1. The Morgan fingerprint density at radius 2 is 1.90 bits per heavy atom. The maximum Gasteiger partial charge on any atom is 0.231 e. The van der Waals surface area contributed by atoms with Gasteiger partial charge >= 0.3 is 0 Å². The Bertz CT molecular complexity index is 595. The quantitative estimate of drug-likeness (QED) is 0.800. The van der Waals surface area contributed by atoms with Crippen molar-refractivity contribution < 1.29 is 19.4 Å². The Hall–Kier alpha value is -2.14. The number of hydrogen-bond acceptors (Lipinski definition) is 4. The number of ether oxygens (including phenoxy) is 1. The second-order valence-corrected chi connectivity index (χ2v) is 5.18. The molecule has 3 rings (SSSR count). The molecule has 0 spiro atoms. The molecule has 1 N–H and O–H groups in total. The summed E-state index contributed by atoms with van der Waals surface area (Å²) in [4.78, 5) is 23.5. The summed E-state index contributed by atoms with van der Waals surface area (Å²) in [5, 5.41) is 14.0. The molecule has 0 aliphatic carbocycles. The average molecular weight is 272 g/mol. The number of rotatable bonds is 3. The summed E-state index contributed by atoms with van der Waals surface area (Å²) in [5.41, 5.74) is 1.67. The van der Waals surface area contributed by atoms with Crippen LogP contribution in [-0.2, 0) is 14.3 Å². The molecule has 2 heterocycles. The topological polar surface area (TPSA) is 78.5 Å². The van der Waals surface area contributed by atoms with Crippen LogP contribution in [0, 0.1) is 18.8 Å². The van der Waals surface area contributed by atoms with Crippen molar-refractivity contribution >= 4 is 17.6 Å². The predicted octanol–water partition coefficient (Wildman–Crippen LogP) is 0.253. The summed E-state index contributed by atoms with van der Waals surface area (Å²) in [5.74, 6) is -3.25. The maximum absolute atomic E-state index is 12.3. The van der Waals surface area contributed by atoms with Gasteiger partial charge in [-0.3, -0.25) is 4.79 Å². The minimum Gasteiger partial charge on any atom is -0.550 e. The van der Waals surface area contributed by atoms with Gasteiger partial charge < -0.3 is 20.0 Å². The van der Waals surface area contributed by atoms with Gasteiger partial charge in [0, 0.05) is 17.6 Å². The summed E-state index contributed by atoms with van der Waals surface area (Å²) in [7, 11) is 0. The number of amides is 1. The Balaban J connectivity index is 1.80. The first kappa shape index (κ1) is 12.9. The highest BCUT2D eigenvalue weighted by atomic mass is 16.5. The van der Waals surface area contributed by atoms with Gasteiger partial charge in [-0.25, -0.2) is 0 Å². The average Bonchev–Trinajstić information content (AvgIpc) is 2.98. The molecule has 5 nitrogen and oxygen atoms in total. The van der Waals surface area contributed by atoms with E-state index < -0.39 is 30.0 Å². The molecule has 1 aromatic carbocycles. The lowest BCUT2D eigenvalue weighted by Crippen LogP contribution is -2.45. The van der Waals surface area contributed by atoms with Gasteiger partial charge in [-0.05, 0) is 24.6 Å². The molecule has 0 radical (unpaired) electrons. The molecule has 1 saturated heterocycles. The Morgan fingerprint density at radius 1 is 1.20 bits per heavy atom. The molecule has 1 fully saturated rings. The van der Waals surface area contributed by atoms with Gasteiger partial charge in [0.25, 0.3) is 0 Å². The van der Waals surface area contributed by atoms with Crippen molar-refractivity contribution in [2.24, 2.45) is 11.8 Å². The van der Waals surface area contributed by atoms with E-state index in [2.05, 4.69) is 5.32 Å². The number of carbonyl (C=O) groups is 2. The van der Waals surface area contributed by atoms with Gasteiger partial charge in [0.15, 0.2) is 0 Å². The number of aliphatic carboxylic acids is 1. The van der Waals surface area contributed by atoms with Crippen molar-refractivity contribution in [3.63, 3.8) is 0 Å². The van der Waals surface area contributed by atoms with Crippen molar-refractivity contribution in [3.8, 4) is 0 Å². The lowest BCUT2D eigenvalue weighted by atomic mass is 9.82. The van der Waals surface area contributed by atoms with Gasteiger partial charge in [0.05, 0.1) is 18.1 Å². The first-order valence-corrected chi connectivity index (χ1v) is 6.48. The van der Waals surface area contributed by atoms with E-state index in [0.29, 0.717) is 5.69 Å².